The van der Waals surface area contributed by atoms with Crippen molar-refractivity contribution < 1.29 is 12.8 Å². The largest absolute Gasteiger partial charge is 0.261 e. The second-order valence-electron chi connectivity index (χ2n) is 11.3. The van der Waals surface area contributed by atoms with Crippen LogP contribution in [0.3, 0.4) is 0 Å². The Bertz CT molecular complexity index is 1660. The number of pyridine rings is 1. The molecule has 0 bridgehead atoms. The number of benzene rings is 2. The predicted octanol–water partition coefficient (Wildman–Crippen LogP) is 6.04. The summed E-state index contributed by atoms with van der Waals surface area (Å²) in [7, 11) is -3.55. The summed E-state index contributed by atoms with van der Waals surface area (Å²) in [6.45, 7) is 6.29. The van der Waals surface area contributed by atoms with E-state index < -0.39 is 25.9 Å². The van der Waals surface area contributed by atoms with Crippen LogP contribution in [0.2, 0.25) is 0 Å². The second kappa shape index (κ2) is 9.23. The molecule has 0 unspecified atom stereocenters. The van der Waals surface area contributed by atoms with Gasteiger partial charge in [-0.1, -0.05) is 48.4 Å². The van der Waals surface area contributed by atoms with Gasteiger partial charge in [0.2, 0.25) is 0 Å². The molecular weight excluding hydrogens is 511 g/mol. The number of aromatic nitrogens is 4. The lowest BCUT2D eigenvalue weighted by Gasteiger charge is -2.53. The van der Waals surface area contributed by atoms with E-state index in [1.165, 1.54) is 17.7 Å². The van der Waals surface area contributed by atoms with E-state index in [1.54, 1.807) is 35.1 Å². The summed E-state index contributed by atoms with van der Waals surface area (Å²) >= 11 is 0. The molecule has 2 aromatic heterocycles. The number of sulfone groups is 1. The lowest BCUT2D eigenvalue weighted by atomic mass is 9.51. The van der Waals surface area contributed by atoms with Crippen LogP contribution >= 0.6 is 0 Å². The third kappa shape index (κ3) is 4.13. The molecule has 4 aromatic rings. The summed E-state index contributed by atoms with van der Waals surface area (Å²) in [6, 6.07) is 19.3. The van der Waals surface area contributed by atoms with E-state index >= 15 is 0 Å². The van der Waals surface area contributed by atoms with E-state index in [-0.39, 0.29) is 5.82 Å². The highest BCUT2D eigenvalue weighted by Gasteiger charge is 2.56. The minimum Gasteiger partial charge on any atom is -0.261 e. The van der Waals surface area contributed by atoms with E-state index in [2.05, 4.69) is 30.2 Å². The van der Waals surface area contributed by atoms with Crippen molar-refractivity contribution in [1.29, 1.82) is 0 Å². The molecule has 2 heterocycles. The normalized spacial score (nSPS) is 21.1. The molecule has 2 atom stereocenters. The Hall–Kier alpha value is -3.65. The lowest BCUT2D eigenvalue weighted by molar-refractivity contribution is 0.143. The molecular formula is C31H31FN4O2S. The van der Waals surface area contributed by atoms with Gasteiger partial charge in [0, 0.05) is 29.1 Å². The summed E-state index contributed by atoms with van der Waals surface area (Å²) in [5, 5.41) is 8.46. The summed E-state index contributed by atoms with van der Waals surface area (Å²) in [5.41, 5.74) is 4.51. The van der Waals surface area contributed by atoms with Crippen molar-refractivity contribution in [3.8, 4) is 5.69 Å². The number of fused-ring (bicyclic) bond motifs is 2. The number of halogens is 1. The fourth-order valence-electron chi connectivity index (χ4n) is 6.43. The van der Waals surface area contributed by atoms with E-state index in [9.17, 15) is 12.8 Å². The van der Waals surface area contributed by atoms with Crippen LogP contribution in [0.5, 0.6) is 0 Å². The van der Waals surface area contributed by atoms with Gasteiger partial charge in [-0.3, -0.25) is 4.98 Å². The van der Waals surface area contributed by atoms with Crippen LogP contribution in [-0.4, -0.2) is 33.6 Å². The summed E-state index contributed by atoms with van der Waals surface area (Å²) in [5.74, 6) is -0.310. The molecule has 2 aliphatic carbocycles. The Morgan fingerprint density at radius 1 is 1.03 bits per heavy atom. The number of rotatable bonds is 5. The highest BCUT2D eigenvalue weighted by molar-refractivity contribution is 7.92. The van der Waals surface area contributed by atoms with Crippen LogP contribution in [0.15, 0.2) is 83.4 Å². The van der Waals surface area contributed by atoms with Crippen molar-refractivity contribution >= 4 is 15.9 Å². The van der Waals surface area contributed by atoms with E-state index in [0.717, 1.165) is 28.3 Å². The molecule has 0 aliphatic heterocycles. The molecule has 8 heteroatoms. The molecule has 0 amide bonds. The van der Waals surface area contributed by atoms with Crippen LogP contribution < -0.4 is 0 Å². The van der Waals surface area contributed by atoms with Gasteiger partial charge in [0.25, 0.3) is 0 Å². The monoisotopic (exact) mass is 542 g/mol. The Morgan fingerprint density at radius 3 is 2.46 bits per heavy atom. The van der Waals surface area contributed by atoms with Crippen LogP contribution in [0.1, 0.15) is 55.8 Å². The molecule has 200 valence electrons. The Labute approximate surface area is 228 Å². The predicted molar refractivity (Wildman–Crippen MR) is 149 cm³/mol. The molecule has 0 N–H and O–H groups in total. The van der Waals surface area contributed by atoms with Gasteiger partial charge in [0.15, 0.2) is 9.84 Å². The van der Waals surface area contributed by atoms with Crippen molar-refractivity contribution in [3.63, 3.8) is 0 Å². The standard InChI is InChI=1S/C31H31FN4O2S/c1-21-7-14-25(15-8-21)39(37,38)26-16-9-22-18-28-27(34-35-36(28)24-12-10-23(32)11-13-24)20-31(22,19-26)30(2,3)29-6-4-5-17-33-29/h4-8,10-15,17-18,26H,9,16,19-20H2,1-3H3/t26-,31+/m0/s1. The van der Waals surface area contributed by atoms with Gasteiger partial charge < -0.3 is 0 Å². The molecule has 6 nitrogen and oxygen atoms in total. The van der Waals surface area contributed by atoms with Crippen molar-refractivity contribution in [2.75, 3.05) is 0 Å². The first-order valence-corrected chi connectivity index (χ1v) is 14.8. The summed E-state index contributed by atoms with van der Waals surface area (Å²) in [6.07, 6.45) is 6.11. The van der Waals surface area contributed by atoms with Crippen LogP contribution in [0.25, 0.3) is 11.8 Å². The Balaban J connectivity index is 1.48. The maximum atomic E-state index is 13.9. The van der Waals surface area contributed by atoms with Gasteiger partial charge in [-0.15, -0.1) is 5.10 Å². The van der Waals surface area contributed by atoms with Gasteiger partial charge in [0.1, 0.15) is 5.82 Å². The molecule has 2 aliphatic rings. The third-order valence-corrected chi connectivity index (χ3v) is 11.1. The Kier molecular flexibility index (Phi) is 6.06. The number of aryl methyl sites for hydroxylation is 1. The van der Waals surface area contributed by atoms with Crippen LogP contribution in [0, 0.1) is 18.2 Å². The first kappa shape index (κ1) is 25.6. The fraction of sp³-hybridized carbons (Fsp3) is 0.323. The van der Waals surface area contributed by atoms with E-state index in [1.807, 2.05) is 37.3 Å². The smallest absolute Gasteiger partial charge is 0.181 e. The molecule has 6 rings (SSSR count). The van der Waals surface area contributed by atoms with Gasteiger partial charge in [0.05, 0.1) is 27.2 Å². The zero-order chi connectivity index (χ0) is 27.4. The van der Waals surface area contributed by atoms with Crippen LogP contribution in [0.4, 0.5) is 4.39 Å². The highest BCUT2D eigenvalue weighted by Crippen LogP contribution is 2.59. The zero-order valence-electron chi connectivity index (χ0n) is 22.3. The number of hydrogen-bond acceptors (Lipinski definition) is 5. The Morgan fingerprint density at radius 2 is 1.77 bits per heavy atom. The molecule has 0 saturated heterocycles. The topological polar surface area (TPSA) is 77.7 Å². The molecule has 2 aromatic carbocycles. The lowest BCUT2D eigenvalue weighted by Crippen LogP contribution is -2.51. The molecule has 0 spiro atoms. The first-order valence-electron chi connectivity index (χ1n) is 13.3. The summed E-state index contributed by atoms with van der Waals surface area (Å²) < 4.78 is 43.2. The van der Waals surface area contributed by atoms with Gasteiger partial charge in [-0.25, -0.2) is 17.5 Å². The van der Waals surface area contributed by atoms with Crippen molar-refractivity contribution in [2.45, 2.75) is 62.0 Å². The average Bonchev–Trinajstić information content (AvgIpc) is 3.34. The third-order valence-electron chi connectivity index (χ3n) is 8.85. The maximum Gasteiger partial charge on any atom is 0.181 e. The first-order chi connectivity index (χ1) is 18.6. The zero-order valence-corrected chi connectivity index (χ0v) is 23.1. The van der Waals surface area contributed by atoms with Crippen molar-refractivity contribution in [3.05, 3.63) is 107 Å². The van der Waals surface area contributed by atoms with Gasteiger partial charge in [-0.2, -0.15) is 0 Å². The molecule has 0 radical (unpaired) electrons. The van der Waals surface area contributed by atoms with Gasteiger partial charge >= 0.3 is 0 Å². The highest BCUT2D eigenvalue weighted by atomic mass is 32.2. The maximum absolute atomic E-state index is 13.9. The van der Waals surface area contributed by atoms with Crippen LogP contribution in [-0.2, 0) is 21.7 Å². The minimum atomic E-state index is -3.55. The number of allylic oxidation sites excluding steroid dienone is 1. The molecule has 1 saturated carbocycles. The molecule has 39 heavy (non-hydrogen) atoms. The van der Waals surface area contributed by atoms with Crippen molar-refractivity contribution in [2.24, 2.45) is 5.41 Å². The summed E-state index contributed by atoms with van der Waals surface area (Å²) in [4.78, 5) is 5.10. The number of hydrogen-bond donors (Lipinski definition) is 0. The van der Waals surface area contributed by atoms with E-state index in [4.69, 9.17) is 4.98 Å². The van der Waals surface area contributed by atoms with Gasteiger partial charge in [-0.05, 0) is 80.8 Å². The van der Waals surface area contributed by atoms with E-state index in [0.29, 0.717) is 30.6 Å². The molecule has 1 fully saturated rings. The minimum absolute atomic E-state index is 0.310. The fourth-order valence-corrected chi connectivity index (χ4v) is 8.26. The second-order valence-corrected chi connectivity index (χ2v) is 13.5. The SMILES string of the molecule is Cc1ccc(S(=O)(=O)[C@H]2CCC3=Cc4c(nnn4-c4ccc(F)cc4)C[C@]3(C(C)(C)c3ccccn3)C2)cc1. The quantitative estimate of drug-likeness (QED) is 0.307. The number of nitrogens with zero attached hydrogens (tertiary/aromatic N) is 4. The van der Waals surface area contributed by atoms with Crippen molar-refractivity contribution in [1.82, 2.24) is 20.0 Å². The average molecular weight is 543 g/mol.